The van der Waals surface area contributed by atoms with Gasteiger partial charge in [-0.25, -0.2) is 19.6 Å². The highest BCUT2D eigenvalue weighted by molar-refractivity contribution is 7.09. The summed E-state index contributed by atoms with van der Waals surface area (Å²) in [6, 6.07) is -1.05. The van der Waals surface area contributed by atoms with Crippen molar-refractivity contribution in [1.29, 1.82) is 0 Å². The second-order valence-corrected chi connectivity index (χ2v) is 10.5. The topological polar surface area (TPSA) is 133 Å². The Morgan fingerprint density at radius 3 is 2.31 bits per heavy atom. The van der Waals surface area contributed by atoms with Crippen LogP contribution in [-0.4, -0.2) is 40.1 Å². The number of nitrogens with zero attached hydrogens (tertiary/aromatic N) is 2. The fourth-order valence-electron chi connectivity index (χ4n) is 2.94. The third-order valence-electron chi connectivity index (χ3n) is 4.64. The van der Waals surface area contributed by atoms with Crippen LogP contribution in [0.3, 0.4) is 0 Å². The molecule has 0 aliphatic rings. The van der Waals surface area contributed by atoms with Crippen LogP contribution >= 0.6 is 11.3 Å². The molecule has 0 spiro atoms. The van der Waals surface area contributed by atoms with Crippen LogP contribution in [0.1, 0.15) is 92.4 Å². The van der Waals surface area contributed by atoms with Gasteiger partial charge in [0.25, 0.3) is 5.91 Å². The largest absolute Gasteiger partial charge is 0.457 e. The molecular weight excluding hydrogens is 472 g/mol. The molecule has 0 aliphatic carbocycles. The summed E-state index contributed by atoms with van der Waals surface area (Å²) in [6.07, 6.45) is 2.11. The highest BCUT2D eigenvalue weighted by Gasteiger charge is 2.29. The molecule has 2 atom stereocenters. The number of carbonyl (C=O) groups is 3. The minimum atomic E-state index is -0.656. The zero-order valence-corrected chi connectivity index (χ0v) is 22.0. The van der Waals surface area contributed by atoms with Gasteiger partial charge in [0.2, 0.25) is 5.89 Å². The Morgan fingerprint density at radius 1 is 1.09 bits per heavy atom. The summed E-state index contributed by atoms with van der Waals surface area (Å²) in [7, 11) is 0. The maximum Gasteiger partial charge on any atom is 0.408 e. The Labute approximate surface area is 209 Å². The Balaban J connectivity index is 2.15. The molecule has 0 saturated carbocycles. The van der Waals surface area contributed by atoms with Crippen LogP contribution < -0.4 is 10.6 Å². The lowest BCUT2D eigenvalue weighted by Gasteiger charge is -2.24. The number of hydrogen-bond donors (Lipinski definition) is 2. The van der Waals surface area contributed by atoms with E-state index in [-0.39, 0.29) is 35.7 Å². The second kappa shape index (κ2) is 12.0. The zero-order chi connectivity index (χ0) is 26.3. The van der Waals surface area contributed by atoms with Crippen LogP contribution in [0.25, 0.3) is 0 Å². The Kier molecular flexibility index (Phi) is 9.58. The number of nitrogens with one attached hydrogen (secondary N) is 2. The molecule has 192 valence electrons. The van der Waals surface area contributed by atoms with Crippen molar-refractivity contribution in [3.8, 4) is 0 Å². The van der Waals surface area contributed by atoms with Crippen molar-refractivity contribution < 1.29 is 28.3 Å². The number of esters is 1. The van der Waals surface area contributed by atoms with E-state index in [4.69, 9.17) is 13.9 Å². The van der Waals surface area contributed by atoms with Crippen LogP contribution in [0, 0.1) is 11.8 Å². The summed E-state index contributed by atoms with van der Waals surface area (Å²) in [5, 5.41) is 7.80. The van der Waals surface area contributed by atoms with Gasteiger partial charge in [-0.1, -0.05) is 40.3 Å². The molecule has 0 aliphatic heterocycles. The average molecular weight is 507 g/mol. The van der Waals surface area contributed by atoms with Gasteiger partial charge in [-0.2, -0.15) is 0 Å². The van der Waals surface area contributed by atoms with Gasteiger partial charge < -0.3 is 24.5 Å². The first-order valence-corrected chi connectivity index (χ1v) is 12.2. The monoisotopic (exact) mass is 506 g/mol. The zero-order valence-electron chi connectivity index (χ0n) is 21.2. The number of amides is 2. The van der Waals surface area contributed by atoms with Crippen LogP contribution in [0.15, 0.2) is 28.7 Å². The van der Waals surface area contributed by atoms with Gasteiger partial charge in [-0.15, -0.1) is 11.3 Å². The second-order valence-electron chi connectivity index (χ2n) is 9.59. The standard InChI is InChI=1S/C24H34N4O6S/c1-9-10-32-22(30)16-12-35-21(26-16)18(14(4)5)27-19(29)15-11-33-20(25-15)17(13(2)3)28-23(31)34-24(6,7)8/h9,11-14,17-18H,1,10H2,2-8H3,(H,27,29)(H,28,31)/t17-,18-/m0/s1. The fourth-order valence-corrected chi connectivity index (χ4v) is 3.95. The molecule has 2 N–H and O–H groups in total. The van der Waals surface area contributed by atoms with Gasteiger partial charge in [0, 0.05) is 5.38 Å². The maximum absolute atomic E-state index is 13.0. The van der Waals surface area contributed by atoms with Crippen LogP contribution in [0.4, 0.5) is 4.79 Å². The summed E-state index contributed by atoms with van der Waals surface area (Å²) < 4.78 is 15.9. The summed E-state index contributed by atoms with van der Waals surface area (Å²) >= 11 is 1.25. The van der Waals surface area contributed by atoms with Crippen LogP contribution in [0.5, 0.6) is 0 Å². The van der Waals surface area contributed by atoms with E-state index >= 15 is 0 Å². The number of aromatic nitrogens is 2. The predicted molar refractivity (Wildman–Crippen MR) is 131 cm³/mol. The van der Waals surface area contributed by atoms with Gasteiger partial charge in [0.05, 0.1) is 6.04 Å². The van der Waals surface area contributed by atoms with Crippen molar-refractivity contribution in [2.45, 2.75) is 66.2 Å². The molecular formula is C24H34N4O6S. The SMILES string of the molecule is C=CCOC(=O)c1csc([C@@H](NC(=O)c2coc([C@@H](NC(=O)OC(C)(C)C)C(C)C)n2)C(C)C)n1. The molecule has 2 amide bonds. The van der Waals surface area contributed by atoms with Crippen molar-refractivity contribution in [2.75, 3.05) is 6.61 Å². The third-order valence-corrected chi connectivity index (χ3v) is 5.57. The lowest BCUT2D eigenvalue weighted by atomic mass is 10.0. The van der Waals surface area contributed by atoms with Crippen molar-refractivity contribution in [3.05, 3.63) is 46.6 Å². The lowest BCUT2D eigenvalue weighted by Crippen LogP contribution is -2.37. The van der Waals surface area contributed by atoms with Crippen molar-refractivity contribution in [2.24, 2.45) is 11.8 Å². The molecule has 0 bridgehead atoms. The summed E-state index contributed by atoms with van der Waals surface area (Å²) in [4.78, 5) is 45.9. The van der Waals surface area contributed by atoms with Crippen molar-refractivity contribution >= 4 is 29.3 Å². The molecule has 0 fully saturated rings. The minimum Gasteiger partial charge on any atom is -0.457 e. The molecule has 11 heteroatoms. The van der Waals surface area contributed by atoms with E-state index in [2.05, 4.69) is 27.2 Å². The number of rotatable bonds is 10. The highest BCUT2D eigenvalue weighted by Crippen LogP contribution is 2.27. The highest BCUT2D eigenvalue weighted by atomic mass is 32.1. The van der Waals surface area contributed by atoms with E-state index in [1.54, 1.807) is 26.2 Å². The number of carbonyl (C=O) groups excluding carboxylic acids is 3. The van der Waals surface area contributed by atoms with E-state index in [9.17, 15) is 14.4 Å². The summed E-state index contributed by atoms with van der Waals surface area (Å²) in [5.74, 6) is -0.927. The average Bonchev–Trinajstić information content (AvgIpc) is 3.42. The minimum absolute atomic E-state index is 0.0224. The van der Waals surface area contributed by atoms with Crippen LogP contribution in [0.2, 0.25) is 0 Å². The third kappa shape index (κ3) is 8.20. The van der Waals surface area contributed by atoms with Gasteiger partial charge in [0.15, 0.2) is 11.4 Å². The summed E-state index contributed by atoms with van der Waals surface area (Å²) in [6.45, 7) is 16.5. The molecule has 0 radical (unpaired) electrons. The number of hydrogen-bond acceptors (Lipinski definition) is 9. The number of oxazole rings is 1. The molecule has 0 aromatic carbocycles. The first-order valence-electron chi connectivity index (χ1n) is 11.3. The Hall–Kier alpha value is -3.21. The number of alkyl carbamates (subject to hydrolysis) is 1. The van der Waals surface area contributed by atoms with Crippen molar-refractivity contribution in [1.82, 2.24) is 20.6 Å². The molecule has 2 heterocycles. The lowest BCUT2D eigenvalue weighted by molar-refractivity contribution is 0.0477. The Morgan fingerprint density at radius 2 is 1.74 bits per heavy atom. The van der Waals surface area contributed by atoms with E-state index < -0.39 is 35.7 Å². The van der Waals surface area contributed by atoms with E-state index in [1.165, 1.54) is 23.7 Å². The van der Waals surface area contributed by atoms with E-state index in [1.807, 2.05) is 27.7 Å². The molecule has 35 heavy (non-hydrogen) atoms. The molecule has 0 unspecified atom stereocenters. The smallest absolute Gasteiger partial charge is 0.408 e. The van der Waals surface area contributed by atoms with Gasteiger partial charge in [-0.05, 0) is 32.6 Å². The first kappa shape index (κ1) is 28.0. The number of ether oxygens (including phenoxy) is 2. The van der Waals surface area contributed by atoms with E-state index in [0.717, 1.165) is 0 Å². The van der Waals surface area contributed by atoms with Crippen LogP contribution in [-0.2, 0) is 9.47 Å². The van der Waals surface area contributed by atoms with Crippen molar-refractivity contribution in [3.63, 3.8) is 0 Å². The Bertz CT molecular complexity index is 1040. The number of thiazole rings is 1. The maximum atomic E-state index is 13.0. The molecule has 10 nitrogen and oxygen atoms in total. The molecule has 2 aromatic rings. The normalized spacial score (nSPS) is 13.3. The van der Waals surface area contributed by atoms with Gasteiger partial charge >= 0.3 is 12.1 Å². The quantitative estimate of drug-likeness (QED) is 0.346. The molecule has 2 aromatic heterocycles. The van der Waals surface area contributed by atoms with Gasteiger partial charge in [-0.3, -0.25) is 4.79 Å². The molecule has 2 rings (SSSR count). The van der Waals surface area contributed by atoms with Gasteiger partial charge in [0.1, 0.15) is 29.5 Å². The predicted octanol–water partition coefficient (Wildman–Crippen LogP) is 4.82. The first-order chi connectivity index (χ1) is 16.3. The summed E-state index contributed by atoms with van der Waals surface area (Å²) in [5.41, 5.74) is -0.426. The van der Waals surface area contributed by atoms with E-state index in [0.29, 0.717) is 5.01 Å². The fraction of sp³-hybridized carbons (Fsp3) is 0.542. The molecule has 0 saturated heterocycles.